The molecule has 0 heterocycles. The number of hydrogen-bond donors (Lipinski definition) is 0. The molecule has 0 saturated heterocycles. The molecular weight excluding hydrogens is 192 g/mol. The third kappa shape index (κ3) is 4.38. The van der Waals surface area contributed by atoms with E-state index in [9.17, 15) is 0 Å². The third-order valence-electron chi connectivity index (χ3n) is 1.73. The number of para-hydroxylation sites is 1. The van der Waals surface area contributed by atoms with Crippen molar-refractivity contribution in [3.8, 4) is 5.75 Å². The monoisotopic (exact) mass is 208 g/mol. The second-order valence-electron chi connectivity index (χ2n) is 3.06. The van der Waals surface area contributed by atoms with E-state index in [1.54, 1.807) is 0 Å². The molecule has 0 radical (unpaired) electrons. The van der Waals surface area contributed by atoms with Gasteiger partial charge in [-0.2, -0.15) is 11.8 Å². The summed E-state index contributed by atoms with van der Waals surface area (Å²) in [5.74, 6) is 1.93. The zero-order valence-corrected chi connectivity index (χ0v) is 9.30. The first kappa shape index (κ1) is 11.2. The molecule has 0 aromatic heterocycles. The second kappa shape index (κ2) is 6.55. The van der Waals surface area contributed by atoms with E-state index >= 15 is 0 Å². The summed E-state index contributed by atoms with van der Waals surface area (Å²) < 4.78 is 5.61. The zero-order valence-electron chi connectivity index (χ0n) is 8.48. The predicted octanol–water partition coefficient (Wildman–Crippen LogP) is 3.37. The van der Waals surface area contributed by atoms with Gasteiger partial charge in [-0.15, -0.1) is 6.58 Å². The van der Waals surface area contributed by atoms with E-state index in [4.69, 9.17) is 4.74 Å². The molecular formula is C12H16OS. The Labute approximate surface area is 90.2 Å². The Morgan fingerprint density at radius 3 is 2.79 bits per heavy atom. The lowest BCUT2D eigenvalue weighted by Gasteiger charge is -2.11. The van der Waals surface area contributed by atoms with Crippen molar-refractivity contribution in [1.82, 2.24) is 0 Å². The normalized spacial score (nSPS) is 12.1. The van der Waals surface area contributed by atoms with E-state index in [0.29, 0.717) is 5.25 Å². The van der Waals surface area contributed by atoms with Crippen LogP contribution in [0.2, 0.25) is 0 Å². The molecule has 1 unspecified atom stereocenters. The van der Waals surface area contributed by atoms with Crippen molar-refractivity contribution in [2.24, 2.45) is 0 Å². The standard InChI is InChI=1S/C12H16OS/c1-3-9-14-11(2)10-13-12-7-5-4-6-8-12/h3-8,11H,1,9-10H2,2H3. The van der Waals surface area contributed by atoms with Crippen molar-refractivity contribution in [1.29, 1.82) is 0 Å². The van der Waals surface area contributed by atoms with Crippen LogP contribution in [0.4, 0.5) is 0 Å². The highest BCUT2D eigenvalue weighted by molar-refractivity contribution is 8.00. The van der Waals surface area contributed by atoms with Crippen molar-refractivity contribution >= 4 is 11.8 Å². The van der Waals surface area contributed by atoms with Crippen molar-refractivity contribution in [2.45, 2.75) is 12.2 Å². The van der Waals surface area contributed by atoms with E-state index in [1.165, 1.54) is 0 Å². The first-order valence-corrected chi connectivity index (χ1v) is 5.78. The van der Waals surface area contributed by atoms with Gasteiger partial charge < -0.3 is 4.74 Å². The van der Waals surface area contributed by atoms with Gasteiger partial charge in [0.25, 0.3) is 0 Å². The molecule has 76 valence electrons. The molecule has 1 aromatic carbocycles. The Kier molecular flexibility index (Phi) is 5.23. The zero-order chi connectivity index (χ0) is 10.2. The van der Waals surface area contributed by atoms with Gasteiger partial charge in [0.15, 0.2) is 0 Å². The summed E-state index contributed by atoms with van der Waals surface area (Å²) in [6.45, 7) is 6.61. The summed E-state index contributed by atoms with van der Waals surface area (Å²) in [6, 6.07) is 9.91. The first-order valence-electron chi connectivity index (χ1n) is 4.73. The van der Waals surface area contributed by atoms with Crippen LogP contribution in [0.15, 0.2) is 43.0 Å². The lowest BCUT2D eigenvalue weighted by Crippen LogP contribution is -2.10. The summed E-state index contributed by atoms with van der Waals surface area (Å²) in [5, 5.41) is 0.508. The fourth-order valence-electron chi connectivity index (χ4n) is 1.01. The molecule has 1 nitrogen and oxygen atoms in total. The number of ether oxygens (including phenoxy) is 1. The van der Waals surface area contributed by atoms with Gasteiger partial charge in [-0.1, -0.05) is 24.3 Å². The molecule has 0 aliphatic carbocycles. The van der Waals surface area contributed by atoms with Gasteiger partial charge in [-0.25, -0.2) is 0 Å². The van der Waals surface area contributed by atoms with Gasteiger partial charge in [-0.05, 0) is 19.1 Å². The Morgan fingerprint density at radius 2 is 2.14 bits per heavy atom. The maximum absolute atomic E-state index is 5.61. The van der Waals surface area contributed by atoms with Crippen LogP contribution in [0.1, 0.15) is 6.92 Å². The lowest BCUT2D eigenvalue weighted by molar-refractivity contribution is 0.322. The molecule has 1 atom stereocenters. The molecule has 14 heavy (non-hydrogen) atoms. The molecule has 0 N–H and O–H groups in total. The molecule has 2 heteroatoms. The summed E-state index contributed by atoms with van der Waals surface area (Å²) in [5.41, 5.74) is 0. The molecule has 0 saturated carbocycles. The lowest BCUT2D eigenvalue weighted by atomic mass is 10.3. The molecule has 0 amide bonds. The number of benzene rings is 1. The Bertz CT molecular complexity index is 258. The van der Waals surface area contributed by atoms with E-state index in [2.05, 4.69) is 13.5 Å². The second-order valence-corrected chi connectivity index (χ2v) is 4.53. The molecule has 0 bridgehead atoms. The van der Waals surface area contributed by atoms with Crippen molar-refractivity contribution in [2.75, 3.05) is 12.4 Å². The van der Waals surface area contributed by atoms with Gasteiger partial charge in [0, 0.05) is 11.0 Å². The van der Waals surface area contributed by atoms with Crippen LogP contribution < -0.4 is 4.74 Å². The summed E-state index contributed by atoms with van der Waals surface area (Å²) in [6.07, 6.45) is 1.92. The Morgan fingerprint density at radius 1 is 1.43 bits per heavy atom. The van der Waals surface area contributed by atoms with Crippen LogP contribution in [0.5, 0.6) is 5.75 Å². The summed E-state index contributed by atoms with van der Waals surface area (Å²) >= 11 is 1.85. The van der Waals surface area contributed by atoms with Gasteiger partial charge in [-0.3, -0.25) is 0 Å². The van der Waals surface area contributed by atoms with Crippen LogP contribution >= 0.6 is 11.8 Å². The SMILES string of the molecule is C=CCSC(C)COc1ccccc1. The van der Waals surface area contributed by atoms with E-state index in [-0.39, 0.29) is 0 Å². The fourth-order valence-corrected chi connectivity index (χ4v) is 1.64. The van der Waals surface area contributed by atoms with Crippen LogP contribution in [0.25, 0.3) is 0 Å². The molecule has 0 fully saturated rings. The first-order chi connectivity index (χ1) is 6.83. The Hall–Kier alpha value is -0.890. The number of thioether (sulfide) groups is 1. The smallest absolute Gasteiger partial charge is 0.119 e. The topological polar surface area (TPSA) is 9.23 Å². The maximum Gasteiger partial charge on any atom is 0.119 e. The van der Waals surface area contributed by atoms with Gasteiger partial charge >= 0.3 is 0 Å². The van der Waals surface area contributed by atoms with Crippen molar-refractivity contribution in [3.05, 3.63) is 43.0 Å². The minimum absolute atomic E-state index is 0.508. The molecule has 0 aliphatic heterocycles. The molecule has 1 aromatic rings. The highest BCUT2D eigenvalue weighted by Gasteiger charge is 2.01. The van der Waals surface area contributed by atoms with E-state index in [1.807, 2.05) is 48.2 Å². The van der Waals surface area contributed by atoms with Crippen LogP contribution in [-0.4, -0.2) is 17.6 Å². The number of rotatable bonds is 6. The van der Waals surface area contributed by atoms with Crippen LogP contribution in [-0.2, 0) is 0 Å². The van der Waals surface area contributed by atoms with E-state index < -0.39 is 0 Å². The highest BCUT2D eigenvalue weighted by Crippen LogP contribution is 2.14. The van der Waals surface area contributed by atoms with Gasteiger partial charge in [0.2, 0.25) is 0 Å². The summed E-state index contributed by atoms with van der Waals surface area (Å²) in [4.78, 5) is 0. The minimum atomic E-state index is 0.508. The average Bonchev–Trinajstić information content (AvgIpc) is 2.25. The van der Waals surface area contributed by atoms with E-state index in [0.717, 1.165) is 18.1 Å². The largest absolute Gasteiger partial charge is 0.492 e. The predicted molar refractivity (Wildman–Crippen MR) is 64.1 cm³/mol. The van der Waals surface area contributed by atoms with Gasteiger partial charge in [0.1, 0.15) is 5.75 Å². The number of hydrogen-bond acceptors (Lipinski definition) is 2. The molecule has 1 rings (SSSR count). The molecule has 0 aliphatic rings. The summed E-state index contributed by atoms with van der Waals surface area (Å²) in [7, 11) is 0. The van der Waals surface area contributed by atoms with Crippen LogP contribution in [0.3, 0.4) is 0 Å². The minimum Gasteiger partial charge on any atom is -0.492 e. The average molecular weight is 208 g/mol. The highest BCUT2D eigenvalue weighted by atomic mass is 32.2. The van der Waals surface area contributed by atoms with Crippen molar-refractivity contribution < 1.29 is 4.74 Å². The maximum atomic E-state index is 5.61. The molecule has 0 spiro atoms. The fraction of sp³-hybridized carbons (Fsp3) is 0.333. The Balaban J connectivity index is 2.23. The quantitative estimate of drug-likeness (QED) is 0.663. The van der Waals surface area contributed by atoms with Gasteiger partial charge in [0.05, 0.1) is 6.61 Å². The third-order valence-corrected chi connectivity index (χ3v) is 2.86. The van der Waals surface area contributed by atoms with Crippen molar-refractivity contribution in [3.63, 3.8) is 0 Å². The van der Waals surface area contributed by atoms with Crippen LogP contribution in [0, 0.1) is 0 Å².